The first kappa shape index (κ1) is 17.0. The third-order valence-corrected chi connectivity index (χ3v) is 4.45. The van der Waals surface area contributed by atoms with E-state index in [4.69, 9.17) is 4.52 Å². The zero-order valence-corrected chi connectivity index (χ0v) is 15.1. The van der Waals surface area contributed by atoms with Crippen LogP contribution in [0, 0.1) is 0 Å². The van der Waals surface area contributed by atoms with E-state index >= 15 is 0 Å². The fourth-order valence-electron chi connectivity index (χ4n) is 2.99. The Balaban J connectivity index is 1.34. The summed E-state index contributed by atoms with van der Waals surface area (Å²) < 4.78 is 7.36. The van der Waals surface area contributed by atoms with E-state index in [0.717, 1.165) is 22.6 Å². The number of imidazole rings is 1. The monoisotopic (exact) mass is 360 g/mol. The van der Waals surface area contributed by atoms with Crippen LogP contribution in [-0.4, -0.2) is 32.4 Å². The number of hydrogen-bond acceptors (Lipinski definition) is 4. The van der Waals surface area contributed by atoms with Gasteiger partial charge in [0, 0.05) is 37.5 Å². The Hall–Kier alpha value is -3.41. The number of benzene rings is 1. The molecule has 27 heavy (non-hydrogen) atoms. The number of amides is 1. The molecule has 6 heteroatoms. The number of pyridine rings is 1. The molecule has 136 valence electrons. The molecule has 1 amide bonds. The summed E-state index contributed by atoms with van der Waals surface area (Å²) in [4.78, 5) is 18.6. The Bertz CT molecular complexity index is 1020. The molecule has 0 atom stereocenters. The van der Waals surface area contributed by atoms with Crippen LogP contribution in [0.15, 0.2) is 71.5 Å². The van der Waals surface area contributed by atoms with Gasteiger partial charge < -0.3 is 13.8 Å². The highest BCUT2D eigenvalue weighted by atomic mass is 16.5. The molecule has 4 aromatic rings. The van der Waals surface area contributed by atoms with Crippen LogP contribution in [0.2, 0.25) is 0 Å². The number of nitrogens with zero attached hydrogens (tertiary/aromatic N) is 4. The van der Waals surface area contributed by atoms with Crippen molar-refractivity contribution in [2.75, 3.05) is 7.05 Å². The van der Waals surface area contributed by atoms with Crippen LogP contribution < -0.4 is 0 Å². The second-order valence-electron chi connectivity index (χ2n) is 6.50. The lowest BCUT2D eigenvalue weighted by Gasteiger charge is -2.14. The SMILES string of the molecule is CN(Cc1cc(-c2ccccc2)on1)C(=O)CCc1cn2ccccc2n1. The summed E-state index contributed by atoms with van der Waals surface area (Å²) in [7, 11) is 1.78. The van der Waals surface area contributed by atoms with Gasteiger partial charge in [-0.1, -0.05) is 41.6 Å². The van der Waals surface area contributed by atoms with Crippen molar-refractivity contribution in [1.29, 1.82) is 0 Å². The highest BCUT2D eigenvalue weighted by Gasteiger charge is 2.14. The molecule has 0 N–H and O–H groups in total. The fourth-order valence-corrected chi connectivity index (χ4v) is 2.99. The average Bonchev–Trinajstić information content (AvgIpc) is 3.33. The molecule has 3 heterocycles. The van der Waals surface area contributed by atoms with Crippen LogP contribution in [0.4, 0.5) is 0 Å². The normalized spacial score (nSPS) is 11.0. The molecule has 0 spiro atoms. The molecule has 0 saturated carbocycles. The maximum Gasteiger partial charge on any atom is 0.223 e. The minimum atomic E-state index is 0.0521. The van der Waals surface area contributed by atoms with Crippen molar-refractivity contribution in [3.63, 3.8) is 0 Å². The summed E-state index contributed by atoms with van der Waals surface area (Å²) in [5.41, 5.74) is 3.51. The van der Waals surface area contributed by atoms with Crippen LogP contribution in [-0.2, 0) is 17.8 Å². The third-order valence-electron chi connectivity index (χ3n) is 4.45. The molecular formula is C21H20N4O2. The van der Waals surface area contributed by atoms with Gasteiger partial charge in [0.15, 0.2) is 5.76 Å². The highest BCUT2D eigenvalue weighted by Crippen LogP contribution is 2.20. The van der Waals surface area contributed by atoms with Crippen LogP contribution in [0.3, 0.4) is 0 Å². The van der Waals surface area contributed by atoms with Gasteiger partial charge in [-0.2, -0.15) is 0 Å². The van der Waals surface area contributed by atoms with E-state index in [1.54, 1.807) is 11.9 Å². The lowest BCUT2D eigenvalue weighted by atomic mass is 10.1. The molecule has 0 aliphatic rings. The van der Waals surface area contributed by atoms with Crippen molar-refractivity contribution in [2.45, 2.75) is 19.4 Å². The fraction of sp³-hybridized carbons (Fsp3) is 0.190. The number of hydrogen-bond donors (Lipinski definition) is 0. The topological polar surface area (TPSA) is 63.6 Å². The van der Waals surface area contributed by atoms with Crippen LogP contribution in [0.25, 0.3) is 17.0 Å². The molecule has 0 fully saturated rings. The summed E-state index contributed by atoms with van der Waals surface area (Å²) in [6.45, 7) is 0.417. The molecule has 6 nitrogen and oxygen atoms in total. The minimum Gasteiger partial charge on any atom is -0.356 e. The number of carbonyl (C=O) groups is 1. The molecule has 0 radical (unpaired) electrons. The van der Waals surface area contributed by atoms with Crippen molar-refractivity contribution in [3.8, 4) is 11.3 Å². The van der Waals surface area contributed by atoms with Crippen molar-refractivity contribution in [3.05, 3.63) is 78.4 Å². The Morgan fingerprint density at radius 1 is 1.11 bits per heavy atom. The Morgan fingerprint density at radius 2 is 1.93 bits per heavy atom. The Morgan fingerprint density at radius 3 is 2.74 bits per heavy atom. The third kappa shape index (κ3) is 3.89. The van der Waals surface area contributed by atoms with Gasteiger partial charge in [-0.05, 0) is 18.6 Å². The van der Waals surface area contributed by atoms with Gasteiger partial charge in [-0.3, -0.25) is 4.79 Å². The van der Waals surface area contributed by atoms with E-state index in [-0.39, 0.29) is 5.91 Å². The lowest BCUT2D eigenvalue weighted by Crippen LogP contribution is -2.26. The van der Waals surface area contributed by atoms with Crippen LogP contribution in [0.1, 0.15) is 17.8 Å². The van der Waals surface area contributed by atoms with E-state index in [9.17, 15) is 4.79 Å². The summed E-state index contributed by atoms with van der Waals surface area (Å²) in [6, 6.07) is 17.5. The molecule has 0 saturated heterocycles. The molecule has 0 bridgehead atoms. The second-order valence-corrected chi connectivity index (χ2v) is 6.50. The first-order valence-corrected chi connectivity index (χ1v) is 8.86. The first-order chi connectivity index (χ1) is 13.2. The standard InChI is InChI=1S/C21H20N4O2/c1-24(14-18-13-19(27-23-18)16-7-3-2-4-8-16)21(26)11-10-17-15-25-12-6-5-9-20(25)22-17/h2-9,12-13,15H,10-11,14H2,1H3. The van der Waals surface area contributed by atoms with Gasteiger partial charge >= 0.3 is 0 Å². The summed E-state index contributed by atoms with van der Waals surface area (Å²) >= 11 is 0. The predicted molar refractivity (Wildman–Crippen MR) is 102 cm³/mol. The van der Waals surface area contributed by atoms with Crippen molar-refractivity contribution >= 4 is 11.6 Å². The number of aryl methyl sites for hydroxylation is 1. The van der Waals surface area contributed by atoms with E-state index in [1.165, 1.54) is 0 Å². The molecule has 4 rings (SSSR count). The Kier molecular flexibility index (Phi) is 4.70. The molecule has 3 aromatic heterocycles. The van der Waals surface area contributed by atoms with Gasteiger partial charge in [0.2, 0.25) is 5.91 Å². The van der Waals surface area contributed by atoms with E-state index in [1.807, 2.05) is 71.4 Å². The predicted octanol–water partition coefficient (Wildman–Crippen LogP) is 3.58. The van der Waals surface area contributed by atoms with Gasteiger partial charge in [-0.25, -0.2) is 4.98 Å². The molecule has 1 aromatic carbocycles. The first-order valence-electron chi connectivity index (χ1n) is 8.86. The van der Waals surface area contributed by atoms with Crippen molar-refractivity contribution in [1.82, 2.24) is 19.4 Å². The minimum absolute atomic E-state index is 0.0521. The van der Waals surface area contributed by atoms with Crippen LogP contribution >= 0.6 is 0 Å². The molecule has 0 aliphatic carbocycles. The summed E-state index contributed by atoms with van der Waals surface area (Å²) in [6.07, 6.45) is 4.93. The number of aromatic nitrogens is 3. The number of rotatable bonds is 6. The van der Waals surface area contributed by atoms with Gasteiger partial charge in [0.05, 0.1) is 12.2 Å². The largest absolute Gasteiger partial charge is 0.356 e. The molecule has 0 aliphatic heterocycles. The smallest absolute Gasteiger partial charge is 0.223 e. The average molecular weight is 360 g/mol. The molecule has 0 unspecified atom stereocenters. The zero-order valence-electron chi connectivity index (χ0n) is 15.1. The van der Waals surface area contributed by atoms with Gasteiger partial charge in [-0.15, -0.1) is 0 Å². The Labute approximate surface area is 157 Å². The van der Waals surface area contributed by atoms with Gasteiger partial charge in [0.25, 0.3) is 0 Å². The van der Waals surface area contributed by atoms with E-state index in [2.05, 4.69) is 10.1 Å². The number of fused-ring (bicyclic) bond motifs is 1. The van der Waals surface area contributed by atoms with Crippen molar-refractivity contribution in [2.24, 2.45) is 0 Å². The summed E-state index contributed by atoms with van der Waals surface area (Å²) in [5.74, 6) is 0.757. The maximum absolute atomic E-state index is 12.4. The lowest BCUT2D eigenvalue weighted by molar-refractivity contribution is -0.130. The second kappa shape index (κ2) is 7.45. The van der Waals surface area contributed by atoms with E-state index in [0.29, 0.717) is 25.1 Å². The van der Waals surface area contributed by atoms with Crippen molar-refractivity contribution < 1.29 is 9.32 Å². The zero-order chi connectivity index (χ0) is 18.6. The van der Waals surface area contributed by atoms with E-state index < -0.39 is 0 Å². The van der Waals surface area contributed by atoms with Gasteiger partial charge in [0.1, 0.15) is 11.3 Å². The quantitative estimate of drug-likeness (QED) is 0.527. The summed E-state index contributed by atoms with van der Waals surface area (Å²) in [5, 5.41) is 4.08. The number of carbonyl (C=O) groups excluding carboxylic acids is 1. The van der Waals surface area contributed by atoms with Crippen LogP contribution in [0.5, 0.6) is 0 Å². The maximum atomic E-state index is 12.4. The highest BCUT2D eigenvalue weighted by molar-refractivity contribution is 5.76. The molecular weight excluding hydrogens is 340 g/mol.